The number of rotatable bonds is 0. The predicted molar refractivity (Wildman–Crippen MR) is 104 cm³/mol. The lowest BCUT2D eigenvalue weighted by Gasteiger charge is -2.18. The second-order valence-electron chi connectivity index (χ2n) is 7.67. The summed E-state index contributed by atoms with van der Waals surface area (Å²) in [7, 11) is 0. The van der Waals surface area contributed by atoms with Crippen molar-refractivity contribution in [1.29, 1.82) is 0 Å². The molecule has 4 aliphatic rings. The van der Waals surface area contributed by atoms with Crippen molar-refractivity contribution in [1.82, 2.24) is 0 Å². The first kappa shape index (κ1) is 15.5. The van der Waals surface area contributed by atoms with Gasteiger partial charge < -0.3 is 0 Å². The summed E-state index contributed by atoms with van der Waals surface area (Å²) in [5.74, 6) is 0.393. The Morgan fingerprint density at radius 2 is 0.846 bits per heavy atom. The molecule has 0 N–H and O–H groups in total. The van der Waals surface area contributed by atoms with Crippen LogP contribution >= 0.6 is 0 Å². The molecule has 0 radical (unpaired) electrons. The summed E-state index contributed by atoms with van der Waals surface area (Å²) < 4.78 is 0. The number of Topliss-reactive ketones (excluding diaryl/α,β-unsaturated/α-hetero) is 2. The van der Waals surface area contributed by atoms with E-state index < -0.39 is 0 Å². The molecular formula is C24H20O2. The molecule has 128 valence electrons. The molecule has 2 aromatic carbocycles. The molecule has 0 aromatic heterocycles. The van der Waals surface area contributed by atoms with Gasteiger partial charge in [-0.25, -0.2) is 0 Å². The minimum Gasteiger partial charge on any atom is -0.294 e. The molecule has 4 aliphatic carbocycles. The van der Waals surface area contributed by atoms with Crippen LogP contribution in [0.25, 0.3) is 11.1 Å². The minimum atomic E-state index is 0.197. The SMILES string of the molecule is C=C1CC(=O)c2c3ccc(c21)CCc1ccc(c2c1C(=C)CC2=O)CC3. The van der Waals surface area contributed by atoms with Crippen molar-refractivity contribution in [2.75, 3.05) is 0 Å². The zero-order valence-corrected chi connectivity index (χ0v) is 14.8. The standard InChI is InChI=1S/C24H20O2/c1-13-11-19(25)23-17-7-5-15(21(13)23)3-4-16-6-8-18(10-9-17)24-20(26)12-14(2)22(16)24/h5-8H,1-4,9-12H2. The lowest BCUT2D eigenvalue weighted by Crippen LogP contribution is -2.09. The number of allylic oxidation sites excluding steroid dienone is 2. The predicted octanol–water partition coefficient (Wildman–Crippen LogP) is 4.77. The molecule has 26 heavy (non-hydrogen) atoms. The molecule has 2 nitrogen and oxygen atoms in total. The summed E-state index contributed by atoms with van der Waals surface area (Å²) >= 11 is 0. The van der Waals surface area contributed by atoms with Gasteiger partial charge in [-0.3, -0.25) is 9.59 Å². The molecule has 2 heteroatoms. The van der Waals surface area contributed by atoms with Crippen LogP contribution in [0.4, 0.5) is 0 Å². The van der Waals surface area contributed by atoms with Crippen molar-refractivity contribution in [2.24, 2.45) is 0 Å². The maximum Gasteiger partial charge on any atom is 0.168 e. The number of hydrogen-bond acceptors (Lipinski definition) is 2. The second kappa shape index (κ2) is 5.38. The van der Waals surface area contributed by atoms with Gasteiger partial charge in [0.1, 0.15) is 0 Å². The van der Waals surface area contributed by atoms with Crippen LogP contribution in [-0.2, 0) is 25.7 Å². The molecule has 0 aliphatic heterocycles. The Kier molecular flexibility index (Phi) is 3.21. The lowest BCUT2D eigenvalue weighted by molar-refractivity contribution is 0.0994. The van der Waals surface area contributed by atoms with Gasteiger partial charge in [-0.15, -0.1) is 0 Å². The Bertz CT molecular complexity index is 885. The fourth-order valence-electron chi connectivity index (χ4n) is 4.94. The van der Waals surface area contributed by atoms with Crippen molar-refractivity contribution in [2.45, 2.75) is 38.5 Å². The van der Waals surface area contributed by atoms with E-state index in [9.17, 15) is 9.59 Å². The van der Waals surface area contributed by atoms with Gasteiger partial charge in [0.15, 0.2) is 11.6 Å². The van der Waals surface area contributed by atoms with Gasteiger partial charge in [-0.2, -0.15) is 0 Å². The number of ketones is 2. The number of hydrogen-bond donors (Lipinski definition) is 0. The highest BCUT2D eigenvalue weighted by Crippen LogP contribution is 2.40. The fourth-order valence-corrected chi connectivity index (χ4v) is 4.94. The quantitative estimate of drug-likeness (QED) is 0.692. The zero-order chi connectivity index (χ0) is 18.0. The minimum absolute atomic E-state index is 0.197. The normalized spacial score (nSPS) is 18.2. The molecule has 2 aromatic rings. The second-order valence-corrected chi connectivity index (χ2v) is 7.67. The van der Waals surface area contributed by atoms with E-state index in [2.05, 4.69) is 37.4 Å². The molecule has 0 saturated heterocycles. The number of carbonyl (C=O) groups excluding carboxylic acids is 2. The first-order valence-corrected chi connectivity index (χ1v) is 9.27. The van der Waals surface area contributed by atoms with Crippen LogP contribution in [-0.4, -0.2) is 11.6 Å². The topological polar surface area (TPSA) is 34.1 Å². The van der Waals surface area contributed by atoms with E-state index in [-0.39, 0.29) is 11.6 Å². The highest BCUT2D eigenvalue weighted by molar-refractivity contribution is 6.14. The van der Waals surface area contributed by atoms with E-state index in [1.165, 1.54) is 11.1 Å². The van der Waals surface area contributed by atoms with Crippen molar-refractivity contribution in [3.63, 3.8) is 0 Å². The molecule has 0 unspecified atom stereocenters. The van der Waals surface area contributed by atoms with Gasteiger partial charge in [-0.05, 0) is 70.2 Å². The summed E-state index contributed by atoms with van der Waals surface area (Å²) in [6.07, 6.45) is 4.12. The monoisotopic (exact) mass is 340 g/mol. The van der Waals surface area contributed by atoms with Gasteiger partial charge in [0.05, 0.1) is 0 Å². The fraction of sp³-hybridized carbons (Fsp3) is 0.250. The largest absolute Gasteiger partial charge is 0.294 e. The molecule has 0 heterocycles. The molecule has 4 bridgehead atoms. The van der Waals surface area contributed by atoms with Crippen LogP contribution in [0.15, 0.2) is 37.4 Å². The highest BCUT2D eigenvalue weighted by Gasteiger charge is 2.31. The average molecular weight is 340 g/mol. The number of benzene rings is 2. The number of carbonyl (C=O) groups is 2. The molecule has 0 amide bonds. The van der Waals surface area contributed by atoms with Crippen molar-refractivity contribution in [3.8, 4) is 0 Å². The maximum atomic E-state index is 12.6. The van der Waals surface area contributed by atoms with E-state index in [4.69, 9.17) is 0 Å². The Labute approximate surface area is 153 Å². The third kappa shape index (κ3) is 2.05. The van der Waals surface area contributed by atoms with Gasteiger partial charge in [0.2, 0.25) is 0 Å². The van der Waals surface area contributed by atoms with Gasteiger partial charge >= 0.3 is 0 Å². The Hall–Kier alpha value is -2.74. The van der Waals surface area contributed by atoms with Crippen LogP contribution < -0.4 is 0 Å². The number of aryl methyl sites for hydroxylation is 4. The molecule has 0 saturated carbocycles. The van der Waals surface area contributed by atoms with E-state index in [0.29, 0.717) is 12.8 Å². The smallest absolute Gasteiger partial charge is 0.168 e. The Morgan fingerprint density at radius 3 is 1.19 bits per heavy atom. The molecule has 0 spiro atoms. The highest BCUT2D eigenvalue weighted by atomic mass is 16.1. The third-order valence-corrected chi connectivity index (χ3v) is 6.10. The zero-order valence-electron chi connectivity index (χ0n) is 14.8. The van der Waals surface area contributed by atoms with E-state index in [1.54, 1.807) is 0 Å². The Morgan fingerprint density at radius 1 is 0.538 bits per heavy atom. The first-order valence-electron chi connectivity index (χ1n) is 9.27. The Balaban J connectivity index is 1.71. The van der Waals surface area contributed by atoms with Gasteiger partial charge in [-0.1, -0.05) is 37.4 Å². The summed E-state index contributed by atoms with van der Waals surface area (Å²) in [5, 5.41) is 0. The van der Waals surface area contributed by atoms with Gasteiger partial charge in [0.25, 0.3) is 0 Å². The van der Waals surface area contributed by atoms with Crippen LogP contribution in [0, 0.1) is 0 Å². The summed E-state index contributed by atoms with van der Waals surface area (Å²) in [6, 6.07) is 8.57. The van der Waals surface area contributed by atoms with Crippen LogP contribution in [0.3, 0.4) is 0 Å². The van der Waals surface area contributed by atoms with E-state index in [0.717, 1.165) is 70.2 Å². The van der Waals surface area contributed by atoms with Gasteiger partial charge in [0, 0.05) is 24.0 Å². The first-order chi connectivity index (χ1) is 12.5. The van der Waals surface area contributed by atoms with E-state index >= 15 is 0 Å². The summed E-state index contributed by atoms with van der Waals surface area (Å²) in [6.45, 7) is 8.32. The summed E-state index contributed by atoms with van der Waals surface area (Å²) in [4.78, 5) is 25.2. The third-order valence-electron chi connectivity index (χ3n) is 6.10. The lowest BCUT2D eigenvalue weighted by atomic mass is 9.86. The molecule has 0 fully saturated rings. The summed E-state index contributed by atoms with van der Waals surface area (Å²) in [5.41, 5.74) is 10.5. The van der Waals surface area contributed by atoms with Crippen LogP contribution in [0.5, 0.6) is 0 Å². The average Bonchev–Trinajstić information content (AvgIpc) is 3.07. The molecule has 6 rings (SSSR count). The van der Waals surface area contributed by atoms with Crippen molar-refractivity contribution in [3.05, 3.63) is 81.9 Å². The molecular weight excluding hydrogens is 320 g/mol. The number of fused-ring (bicyclic) bond motifs is 4. The van der Waals surface area contributed by atoms with Crippen molar-refractivity contribution >= 4 is 22.7 Å². The van der Waals surface area contributed by atoms with Crippen LogP contribution in [0.1, 0.15) is 66.9 Å². The maximum absolute atomic E-state index is 12.6. The van der Waals surface area contributed by atoms with E-state index in [1.807, 2.05) is 0 Å². The van der Waals surface area contributed by atoms with Crippen molar-refractivity contribution < 1.29 is 9.59 Å². The van der Waals surface area contributed by atoms with Crippen LogP contribution in [0.2, 0.25) is 0 Å². The molecule has 0 atom stereocenters.